The molecule has 1 aliphatic heterocycles. The Morgan fingerprint density at radius 1 is 1.14 bits per heavy atom. The number of nitrogens with zero attached hydrogens (tertiary/aromatic N) is 1. The second-order valence-electron chi connectivity index (χ2n) is 8.73. The Balaban J connectivity index is 1.88. The van der Waals surface area contributed by atoms with Gasteiger partial charge in [-0.05, 0) is 70.1 Å². The molecule has 2 rings (SSSR count). The fraction of sp³-hybridized carbons (Fsp3) is 0.944. The molecule has 1 saturated carbocycles. The van der Waals surface area contributed by atoms with E-state index in [0.29, 0.717) is 11.8 Å². The van der Waals surface area contributed by atoms with Gasteiger partial charge in [-0.1, -0.05) is 13.8 Å². The average molecular weight is 310 g/mol. The summed E-state index contributed by atoms with van der Waals surface area (Å²) in [7, 11) is 0. The highest BCUT2D eigenvalue weighted by atomic mass is 16.6. The summed E-state index contributed by atoms with van der Waals surface area (Å²) in [5.74, 6) is 2.60. The summed E-state index contributed by atoms with van der Waals surface area (Å²) < 4.78 is 5.48. The first-order valence-electron chi connectivity index (χ1n) is 8.89. The second-order valence-corrected chi connectivity index (χ2v) is 8.73. The van der Waals surface area contributed by atoms with Gasteiger partial charge in [0.05, 0.1) is 0 Å². The van der Waals surface area contributed by atoms with Crippen LogP contribution in [0.25, 0.3) is 0 Å². The molecule has 0 bridgehead atoms. The van der Waals surface area contributed by atoms with Crippen LogP contribution in [-0.4, -0.2) is 35.7 Å². The van der Waals surface area contributed by atoms with Gasteiger partial charge in [-0.25, -0.2) is 4.79 Å². The van der Waals surface area contributed by atoms with Gasteiger partial charge in [0, 0.05) is 19.1 Å². The third kappa shape index (κ3) is 4.61. The van der Waals surface area contributed by atoms with E-state index in [2.05, 4.69) is 13.8 Å². The fourth-order valence-electron chi connectivity index (χ4n) is 4.30. The maximum atomic E-state index is 12.2. The van der Waals surface area contributed by atoms with E-state index in [1.54, 1.807) is 0 Å². The molecule has 4 atom stereocenters. The van der Waals surface area contributed by atoms with E-state index >= 15 is 0 Å². The van der Waals surface area contributed by atoms with Crippen molar-refractivity contribution < 1.29 is 9.53 Å². The number of nitrogens with two attached hydrogens (primary N) is 1. The Labute approximate surface area is 135 Å². The molecule has 0 spiro atoms. The quantitative estimate of drug-likeness (QED) is 0.847. The number of carbonyl (C=O) groups is 1. The Kier molecular flexibility index (Phi) is 5.41. The van der Waals surface area contributed by atoms with Gasteiger partial charge in [0.15, 0.2) is 0 Å². The van der Waals surface area contributed by atoms with Gasteiger partial charge in [0.25, 0.3) is 0 Å². The fourth-order valence-corrected chi connectivity index (χ4v) is 4.30. The lowest BCUT2D eigenvalue weighted by molar-refractivity contribution is 0.0282. The normalized spacial score (nSPS) is 34.5. The summed E-state index contributed by atoms with van der Waals surface area (Å²) >= 11 is 0. The van der Waals surface area contributed by atoms with Crippen LogP contribution in [0.3, 0.4) is 0 Å². The summed E-state index contributed by atoms with van der Waals surface area (Å²) in [5.41, 5.74) is 6.16. The highest BCUT2D eigenvalue weighted by molar-refractivity contribution is 5.68. The summed E-state index contributed by atoms with van der Waals surface area (Å²) in [6.45, 7) is 12.0. The van der Waals surface area contributed by atoms with Crippen molar-refractivity contribution in [3.05, 3.63) is 0 Å². The van der Waals surface area contributed by atoms with Gasteiger partial charge < -0.3 is 15.4 Å². The second kappa shape index (κ2) is 6.77. The van der Waals surface area contributed by atoms with E-state index in [1.165, 1.54) is 19.3 Å². The minimum Gasteiger partial charge on any atom is -0.444 e. The van der Waals surface area contributed by atoms with Crippen LogP contribution < -0.4 is 5.73 Å². The molecule has 2 N–H and O–H groups in total. The molecule has 22 heavy (non-hydrogen) atoms. The molecule has 0 aromatic carbocycles. The van der Waals surface area contributed by atoms with Gasteiger partial charge in [0.2, 0.25) is 0 Å². The zero-order valence-electron chi connectivity index (χ0n) is 15.0. The largest absolute Gasteiger partial charge is 0.444 e. The molecule has 1 heterocycles. The standard InChI is InChI=1S/C18H34N2O2/c1-12-8-13(2)10-15(9-12)16(19)14-6-7-20(11-14)17(21)22-18(3,4)5/h12-16H,6-11,19H2,1-5H3. The topological polar surface area (TPSA) is 55.6 Å². The van der Waals surface area contributed by atoms with Gasteiger partial charge in [0.1, 0.15) is 5.60 Å². The smallest absolute Gasteiger partial charge is 0.410 e. The molecular weight excluding hydrogens is 276 g/mol. The Bertz CT molecular complexity index is 381. The van der Waals surface area contributed by atoms with Crippen molar-refractivity contribution in [3.63, 3.8) is 0 Å². The van der Waals surface area contributed by atoms with Crippen molar-refractivity contribution in [1.82, 2.24) is 4.90 Å². The number of hydrogen-bond donors (Lipinski definition) is 1. The number of carbonyl (C=O) groups excluding carboxylic acids is 1. The molecular formula is C18H34N2O2. The molecule has 1 saturated heterocycles. The molecule has 4 nitrogen and oxygen atoms in total. The third-order valence-corrected chi connectivity index (χ3v) is 5.18. The van der Waals surface area contributed by atoms with Gasteiger partial charge in [-0.3, -0.25) is 0 Å². The van der Waals surface area contributed by atoms with E-state index < -0.39 is 5.60 Å². The van der Waals surface area contributed by atoms with Crippen LogP contribution in [0.15, 0.2) is 0 Å². The van der Waals surface area contributed by atoms with Crippen LogP contribution in [0.4, 0.5) is 4.79 Å². The number of amides is 1. The maximum Gasteiger partial charge on any atom is 0.410 e. The van der Waals surface area contributed by atoms with E-state index in [4.69, 9.17) is 10.5 Å². The summed E-state index contributed by atoms with van der Waals surface area (Å²) in [4.78, 5) is 14.0. The highest BCUT2D eigenvalue weighted by Crippen LogP contribution is 2.37. The summed E-state index contributed by atoms with van der Waals surface area (Å²) in [6, 6.07) is 0.220. The van der Waals surface area contributed by atoms with E-state index in [1.807, 2.05) is 25.7 Å². The van der Waals surface area contributed by atoms with Gasteiger partial charge >= 0.3 is 6.09 Å². The lowest BCUT2D eigenvalue weighted by Gasteiger charge is -2.37. The van der Waals surface area contributed by atoms with E-state index in [9.17, 15) is 4.79 Å². The summed E-state index contributed by atoms with van der Waals surface area (Å²) in [6.07, 6.45) is 4.65. The number of likely N-dealkylation sites (tertiary alicyclic amines) is 1. The number of ether oxygens (including phenoxy) is 1. The molecule has 4 heteroatoms. The van der Waals surface area contributed by atoms with Crippen LogP contribution in [0, 0.1) is 23.7 Å². The van der Waals surface area contributed by atoms with Crippen molar-refractivity contribution in [2.45, 2.75) is 71.9 Å². The Morgan fingerprint density at radius 2 is 1.73 bits per heavy atom. The molecule has 1 amide bonds. The molecule has 128 valence electrons. The molecule has 0 aromatic rings. The third-order valence-electron chi connectivity index (χ3n) is 5.18. The lowest BCUT2D eigenvalue weighted by atomic mass is 9.71. The molecule has 0 radical (unpaired) electrons. The van der Waals surface area contributed by atoms with Crippen molar-refractivity contribution in [1.29, 1.82) is 0 Å². The van der Waals surface area contributed by atoms with Crippen molar-refractivity contribution in [2.75, 3.05) is 13.1 Å². The SMILES string of the molecule is CC1CC(C)CC(C(N)C2CCN(C(=O)OC(C)(C)C)C2)C1. The molecule has 4 unspecified atom stereocenters. The van der Waals surface area contributed by atoms with Gasteiger partial charge in [-0.2, -0.15) is 0 Å². The van der Waals surface area contributed by atoms with Crippen molar-refractivity contribution >= 4 is 6.09 Å². The first-order chi connectivity index (χ1) is 10.2. The lowest BCUT2D eigenvalue weighted by Crippen LogP contribution is -2.43. The Morgan fingerprint density at radius 3 is 2.27 bits per heavy atom. The van der Waals surface area contributed by atoms with Crippen LogP contribution in [0.1, 0.15) is 60.3 Å². The zero-order valence-corrected chi connectivity index (χ0v) is 15.0. The molecule has 1 aliphatic carbocycles. The predicted molar refractivity (Wildman–Crippen MR) is 89.6 cm³/mol. The average Bonchev–Trinajstić information content (AvgIpc) is 2.84. The van der Waals surface area contributed by atoms with Crippen LogP contribution in [0.5, 0.6) is 0 Å². The maximum absolute atomic E-state index is 12.2. The van der Waals surface area contributed by atoms with Crippen LogP contribution >= 0.6 is 0 Å². The first kappa shape index (κ1) is 17.6. The zero-order chi connectivity index (χ0) is 16.5. The monoisotopic (exact) mass is 310 g/mol. The minimum absolute atomic E-state index is 0.187. The Hall–Kier alpha value is -0.770. The minimum atomic E-state index is -0.425. The molecule has 0 aromatic heterocycles. The molecule has 2 fully saturated rings. The van der Waals surface area contributed by atoms with E-state index in [-0.39, 0.29) is 12.1 Å². The predicted octanol–water partition coefficient (Wildman–Crippen LogP) is 3.64. The van der Waals surface area contributed by atoms with Crippen LogP contribution in [0.2, 0.25) is 0 Å². The first-order valence-corrected chi connectivity index (χ1v) is 8.89. The van der Waals surface area contributed by atoms with E-state index in [0.717, 1.165) is 31.3 Å². The number of rotatable bonds is 2. The van der Waals surface area contributed by atoms with Crippen molar-refractivity contribution in [3.8, 4) is 0 Å². The van der Waals surface area contributed by atoms with Gasteiger partial charge in [-0.15, -0.1) is 0 Å². The number of hydrogen-bond acceptors (Lipinski definition) is 3. The highest BCUT2D eigenvalue weighted by Gasteiger charge is 2.37. The van der Waals surface area contributed by atoms with Crippen molar-refractivity contribution in [2.24, 2.45) is 29.4 Å². The summed E-state index contributed by atoms with van der Waals surface area (Å²) in [5, 5.41) is 0. The van der Waals surface area contributed by atoms with Crippen LogP contribution in [-0.2, 0) is 4.74 Å². The molecule has 2 aliphatic rings.